The molecule has 12 heteroatoms. The molecule has 0 radical (unpaired) electrons. The van der Waals surface area contributed by atoms with Gasteiger partial charge in [-0.05, 0) is 26.0 Å². The summed E-state index contributed by atoms with van der Waals surface area (Å²) in [6.45, 7) is 3.26. The molecule has 0 fully saturated rings. The van der Waals surface area contributed by atoms with Crippen molar-refractivity contribution in [3.63, 3.8) is 0 Å². The van der Waals surface area contributed by atoms with E-state index in [0.29, 0.717) is 45.5 Å². The molecule has 3 heterocycles. The first-order chi connectivity index (χ1) is 15.0. The number of benzene rings is 1. The van der Waals surface area contributed by atoms with Crippen LogP contribution in [0.5, 0.6) is 0 Å². The summed E-state index contributed by atoms with van der Waals surface area (Å²) < 4.78 is 6.00. The summed E-state index contributed by atoms with van der Waals surface area (Å²) in [5.74, 6) is 2.26. The Morgan fingerprint density at radius 3 is 2.45 bits per heavy atom. The first-order valence-corrected chi connectivity index (χ1v) is 11.1. The second kappa shape index (κ2) is 9.27. The number of nitrogens with zero attached hydrogens (tertiary/aromatic N) is 5. The van der Waals surface area contributed by atoms with E-state index in [2.05, 4.69) is 35.3 Å². The molecule has 0 bridgehead atoms. The monoisotopic (exact) mass is 455 g/mol. The Bertz CT molecular complexity index is 1320. The first kappa shape index (κ1) is 21.0. The van der Waals surface area contributed by atoms with Gasteiger partial charge in [-0.25, -0.2) is 4.98 Å². The van der Waals surface area contributed by atoms with Crippen LogP contribution in [0.1, 0.15) is 23.0 Å². The van der Waals surface area contributed by atoms with Gasteiger partial charge < -0.3 is 9.40 Å². The maximum Gasteiger partial charge on any atom is 0.283 e. The van der Waals surface area contributed by atoms with Crippen molar-refractivity contribution < 1.29 is 4.42 Å². The number of thioether (sulfide) groups is 2. The molecule has 0 amide bonds. The lowest BCUT2D eigenvalue weighted by Gasteiger charge is -2.01. The Kier molecular flexibility index (Phi) is 6.28. The van der Waals surface area contributed by atoms with Crippen LogP contribution < -0.4 is 11.1 Å². The van der Waals surface area contributed by atoms with Crippen molar-refractivity contribution in [3.8, 4) is 11.5 Å². The van der Waals surface area contributed by atoms with E-state index >= 15 is 0 Å². The van der Waals surface area contributed by atoms with Gasteiger partial charge in [0, 0.05) is 11.3 Å². The zero-order chi connectivity index (χ0) is 21.8. The Labute approximate surface area is 184 Å². The fraction of sp³-hybridized carbons (Fsp3) is 0.211. The number of nitrogens with one attached hydrogen (secondary N) is 2. The molecule has 0 saturated heterocycles. The second-order valence-electron chi connectivity index (χ2n) is 6.42. The molecule has 3 aromatic heterocycles. The van der Waals surface area contributed by atoms with Gasteiger partial charge in [-0.2, -0.15) is 0 Å². The highest BCUT2D eigenvalue weighted by Gasteiger charge is 2.17. The fourth-order valence-electron chi connectivity index (χ4n) is 2.53. The van der Waals surface area contributed by atoms with Crippen molar-refractivity contribution in [1.29, 1.82) is 0 Å². The molecule has 31 heavy (non-hydrogen) atoms. The largest absolute Gasteiger partial charge is 0.440 e. The highest BCUT2D eigenvalue weighted by atomic mass is 32.2. The maximum absolute atomic E-state index is 12.1. The molecule has 1 aromatic carbocycles. The molecule has 4 aromatic rings. The van der Waals surface area contributed by atoms with Crippen LogP contribution in [-0.2, 0) is 11.5 Å². The number of rotatable bonds is 7. The molecule has 0 saturated carbocycles. The zero-order valence-electron chi connectivity index (χ0n) is 16.6. The van der Waals surface area contributed by atoms with Crippen molar-refractivity contribution in [2.75, 3.05) is 0 Å². The SMILES string of the molecule is Cc1nnc(SCc2oc(-c3ccccc3)nc2CSc2nnc(C)c(=O)[nH]2)c(=O)[nH]1. The molecule has 0 aliphatic rings. The van der Waals surface area contributed by atoms with E-state index in [9.17, 15) is 9.59 Å². The van der Waals surface area contributed by atoms with Gasteiger partial charge in [-0.1, -0.05) is 41.7 Å². The Morgan fingerprint density at radius 1 is 0.903 bits per heavy atom. The predicted octanol–water partition coefficient (Wildman–Crippen LogP) is 2.50. The molecular weight excluding hydrogens is 438 g/mol. The van der Waals surface area contributed by atoms with E-state index in [-0.39, 0.29) is 16.1 Å². The second-order valence-corrected chi connectivity index (χ2v) is 8.35. The standard InChI is InChI=1S/C19H17N7O3S2/c1-10-15(27)22-19(26-23-10)31-8-13-14(9-30-18-16(28)20-11(2)24-25-18)29-17(21-13)12-6-4-3-5-7-12/h3-7H,8-9H2,1-2H3,(H,20,24,28)(H,22,26,27). The Hall–Kier alpha value is -3.25. The summed E-state index contributed by atoms with van der Waals surface area (Å²) in [4.78, 5) is 33.8. The fourth-order valence-corrected chi connectivity index (χ4v) is 4.07. The molecule has 0 spiro atoms. The third-order valence-corrected chi connectivity index (χ3v) is 5.93. The van der Waals surface area contributed by atoms with Gasteiger partial charge in [-0.3, -0.25) is 14.6 Å². The number of aromatic amines is 2. The average Bonchev–Trinajstić information content (AvgIpc) is 3.18. The van der Waals surface area contributed by atoms with Crippen LogP contribution in [0.4, 0.5) is 0 Å². The van der Waals surface area contributed by atoms with Crippen LogP contribution in [0.3, 0.4) is 0 Å². The summed E-state index contributed by atoms with van der Waals surface area (Å²) in [6.07, 6.45) is 0. The van der Waals surface area contributed by atoms with Crippen LogP contribution in [0.15, 0.2) is 54.5 Å². The van der Waals surface area contributed by atoms with Gasteiger partial charge in [-0.15, -0.1) is 20.4 Å². The van der Waals surface area contributed by atoms with Crippen molar-refractivity contribution in [2.45, 2.75) is 35.5 Å². The topological polar surface area (TPSA) is 143 Å². The average molecular weight is 456 g/mol. The van der Waals surface area contributed by atoms with Gasteiger partial charge in [0.2, 0.25) is 5.89 Å². The van der Waals surface area contributed by atoms with Crippen LogP contribution in [0.2, 0.25) is 0 Å². The van der Waals surface area contributed by atoms with E-state index in [1.807, 2.05) is 30.3 Å². The third-order valence-electron chi connectivity index (χ3n) is 4.10. The lowest BCUT2D eigenvalue weighted by Crippen LogP contribution is -2.14. The number of H-pyrrole nitrogens is 2. The normalized spacial score (nSPS) is 11.0. The molecule has 0 aliphatic heterocycles. The van der Waals surface area contributed by atoms with Crippen LogP contribution >= 0.6 is 23.5 Å². The van der Waals surface area contributed by atoms with E-state index in [0.717, 1.165) is 5.56 Å². The summed E-state index contributed by atoms with van der Waals surface area (Å²) in [5.41, 5.74) is 1.23. The number of aryl methyl sites for hydroxylation is 2. The number of hydrogen-bond donors (Lipinski definition) is 2. The van der Waals surface area contributed by atoms with Gasteiger partial charge in [0.1, 0.15) is 17.3 Å². The van der Waals surface area contributed by atoms with E-state index in [4.69, 9.17) is 4.42 Å². The number of aromatic nitrogens is 7. The molecule has 0 unspecified atom stereocenters. The Morgan fingerprint density at radius 2 is 1.71 bits per heavy atom. The Balaban J connectivity index is 1.58. The van der Waals surface area contributed by atoms with E-state index in [1.165, 1.54) is 23.5 Å². The van der Waals surface area contributed by atoms with E-state index < -0.39 is 0 Å². The minimum Gasteiger partial charge on any atom is -0.440 e. The quantitative estimate of drug-likeness (QED) is 0.399. The molecule has 158 valence electrons. The first-order valence-electron chi connectivity index (χ1n) is 9.16. The maximum atomic E-state index is 12.1. The summed E-state index contributed by atoms with van der Waals surface area (Å²) >= 11 is 2.50. The summed E-state index contributed by atoms with van der Waals surface area (Å²) in [5, 5.41) is 16.3. The molecule has 0 atom stereocenters. The van der Waals surface area contributed by atoms with Crippen molar-refractivity contribution in [2.24, 2.45) is 0 Å². The highest BCUT2D eigenvalue weighted by Crippen LogP contribution is 2.29. The van der Waals surface area contributed by atoms with Crippen LogP contribution in [0.25, 0.3) is 11.5 Å². The molecule has 10 nitrogen and oxygen atoms in total. The lowest BCUT2D eigenvalue weighted by atomic mass is 10.2. The summed E-state index contributed by atoms with van der Waals surface area (Å²) in [6, 6.07) is 9.51. The molecule has 0 aliphatic carbocycles. The van der Waals surface area contributed by atoms with Crippen molar-refractivity contribution >= 4 is 23.5 Å². The minimum absolute atomic E-state index is 0.246. The zero-order valence-corrected chi connectivity index (χ0v) is 18.2. The van der Waals surface area contributed by atoms with Crippen LogP contribution in [0, 0.1) is 13.8 Å². The highest BCUT2D eigenvalue weighted by molar-refractivity contribution is 7.98. The molecule has 4 rings (SSSR count). The van der Waals surface area contributed by atoms with Crippen molar-refractivity contribution in [1.82, 2.24) is 35.3 Å². The lowest BCUT2D eigenvalue weighted by molar-refractivity contribution is 0.536. The smallest absolute Gasteiger partial charge is 0.283 e. The van der Waals surface area contributed by atoms with Gasteiger partial charge in [0.25, 0.3) is 11.1 Å². The van der Waals surface area contributed by atoms with Gasteiger partial charge >= 0.3 is 0 Å². The van der Waals surface area contributed by atoms with Gasteiger partial charge in [0.05, 0.1) is 11.4 Å². The van der Waals surface area contributed by atoms with Crippen molar-refractivity contribution in [3.05, 3.63) is 74.0 Å². The summed E-state index contributed by atoms with van der Waals surface area (Å²) in [7, 11) is 0. The predicted molar refractivity (Wildman–Crippen MR) is 116 cm³/mol. The van der Waals surface area contributed by atoms with Gasteiger partial charge in [0.15, 0.2) is 10.2 Å². The molecular formula is C19H17N7O3S2. The van der Waals surface area contributed by atoms with Crippen LogP contribution in [-0.4, -0.2) is 35.3 Å². The number of oxazole rings is 1. The van der Waals surface area contributed by atoms with E-state index in [1.54, 1.807) is 13.8 Å². The third kappa shape index (κ3) is 5.09. The minimum atomic E-state index is -0.302. The molecule has 2 N–H and O–H groups in total. The number of hydrogen-bond acceptors (Lipinski definition) is 10.